The molecule has 0 saturated carbocycles. The summed E-state index contributed by atoms with van der Waals surface area (Å²) in [6.45, 7) is 5.60. The number of benzene rings is 1. The van der Waals surface area contributed by atoms with Crippen molar-refractivity contribution in [2.24, 2.45) is 0 Å². The molecule has 144 valence electrons. The number of hydrogen-bond acceptors (Lipinski definition) is 4. The van der Waals surface area contributed by atoms with Crippen molar-refractivity contribution >= 4 is 70.1 Å². The number of carbonyl (C=O) groups is 2. The summed E-state index contributed by atoms with van der Waals surface area (Å²) >= 11 is 30.0. The summed E-state index contributed by atoms with van der Waals surface area (Å²) in [6, 6.07) is -0.829. The molecular formula is C16H16Cl5NO4. The molecule has 0 unspecified atom stereocenters. The van der Waals surface area contributed by atoms with Crippen LogP contribution in [0.1, 0.15) is 33.6 Å². The molecule has 0 spiro atoms. The summed E-state index contributed by atoms with van der Waals surface area (Å²) in [7, 11) is 0. The Labute approximate surface area is 176 Å². The van der Waals surface area contributed by atoms with Gasteiger partial charge in [0.25, 0.3) is 0 Å². The smallest absolute Gasteiger partial charge is 0.411 e. The van der Waals surface area contributed by atoms with Crippen LogP contribution in [0.5, 0.6) is 5.75 Å². The second-order valence-electron chi connectivity index (χ2n) is 6.65. The minimum absolute atomic E-state index is 0.0422. The lowest BCUT2D eigenvalue weighted by Gasteiger charge is -2.27. The maximum atomic E-state index is 12.6. The lowest BCUT2D eigenvalue weighted by Crippen LogP contribution is -2.44. The van der Waals surface area contributed by atoms with Crippen LogP contribution in [0.4, 0.5) is 4.79 Å². The molecule has 5 nitrogen and oxygen atoms in total. The van der Waals surface area contributed by atoms with Crippen LogP contribution in [0, 0.1) is 0 Å². The Balaban J connectivity index is 2.24. The molecule has 26 heavy (non-hydrogen) atoms. The maximum absolute atomic E-state index is 12.6. The number of rotatable bonds is 2. The maximum Gasteiger partial charge on any atom is 0.411 e. The first-order valence-corrected chi connectivity index (χ1v) is 9.55. The Morgan fingerprint density at radius 3 is 1.96 bits per heavy atom. The number of hydrogen-bond donors (Lipinski definition) is 0. The summed E-state index contributed by atoms with van der Waals surface area (Å²) < 4.78 is 10.6. The van der Waals surface area contributed by atoms with Gasteiger partial charge >= 0.3 is 12.1 Å². The first-order chi connectivity index (χ1) is 11.9. The predicted octanol–water partition coefficient (Wildman–Crippen LogP) is 6.26. The van der Waals surface area contributed by atoms with Crippen LogP contribution in [0.15, 0.2) is 0 Å². The molecule has 2 rings (SSSR count). The van der Waals surface area contributed by atoms with Gasteiger partial charge in [0.15, 0.2) is 5.75 Å². The quantitative estimate of drug-likeness (QED) is 0.225. The van der Waals surface area contributed by atoms with Crippen molar-refractivity contribution in [1.82, 2.24) is 4.90 Å². The molecule has 0 bridgehead atoms. The fourth-order valence-corrected chi connectivity index (χ4v) is 3.59. The molecule has 1 saturated heterocycles. The molecule has 1 fully saturated rings. The molecule has 1 atom stereocenters. The number of carbonyl (C=O) groups excluding carboxylic acids is 2. The van der Waals surface area contributed by atoms with Crippen LogP contribution in [0.25, 0.3) is 0 Å². The number of nitrogens with zero attached hydrogens (tertiary/aromatic N) is 1. The zero-order valence-electron chi connectivity index (χ0n) is 14.2. The minimum atomic E-state index is -0.829. The largest absolute Gasteiger partial charge is 0.444 e. The van der Waals surface area contributed by atoms with E-state index in [0.29, 0.717) is 19.4 Å². The van der Waals surface area contributed by atoms with Crippen molar-refractivity contribution in [1.29, 1.82) is 0 Å². The van der Waals surface area contributed by atoms with Gasteiger partial charge < -0.3 is 9.47 Å². The van der Waals surface area contributed by atoms with Gasteiger partial charge in [-0.2, -0.15) is 0 Å². The molecule has 1 aliphatic rings. The average Bonchev–Trinajstić information content (AvgIpc) is 3.03. The fourth-order valence-electron chi connectivity index (χ4n) is 2.39. The van der Waals surface area contributed by atoms with Gasteiger partial charge in [0.2, 0.25) is 0 Å². The molecule has 1 heterocycles. The Hall–Kier alpha value is -0.590. The third-order valence-corrected chi connectivity index (χ3v) is 5.77. The van der Waals surface area contributed by atoms with Crippen LogP contribution in [-0.4, -0.2) is 35.2 Å². The third-order valence-electron chi connectivity index (χ3n) is 3.53. The highest BCUT2D eigenvalue weighted by atomic mass is 35.5. The number of esters is 1. The molecule has 0 aromatic heterocycles. The van der Waals surface area contributed by atoms with Crippen LogP contribution in [-0.2, 0) is 9.53 Å². The van der Waals surface area contributed by atoms with E-state index in [1.165, 1.54) is 4.90 Å². The van der Waals surface area contributed by atoms with Gasteiger partial charge in [-0.3, -0.25) is 4.90 Å². The molecule has 0 aliphatic carbocycles. The van der Waals surface area contributed by atoms with Crippen molar-refractivity contribution in [2.75, 3.05) is 6.54 Å². The van der Waals surface area contributed by atoms with Crippen molar-refractivity contribution in [2.45, 2.75) is 45.3 Å². The fraction of sp³-hybridized carbons (Fsp3) is 0.500. The zero-order chi connectivity index (χ0) is 19.8. The van der Waals surface area contributed by atoms with Gasteiger partial charge in [0, 0.05) is 6.54 Å². The monoisotopic (exact) mass is 461 g/mol. The highest BCUT2D eigenvalue weighted by Gasteiger charge is 2.38. The molecule has 1 aromatic rings. The highest BCUT2D eigenvalue weighted by Crippen LogP contribution is 2.48. The van der Waals surface area contributed by atoms with E-state index in [9.17, 15) is 9.59 Å². The summed E-state index contributed by atoms with van der Waals surface area (Å²) in [5.74, 6) is -0.916. The number of likely N-dealkylation sites (tertiary alicyclic amines) is 1. The molecule has 1 amide bonds. The number of amides is 1. The van der Waals surface area contributed by atoms with Crippen LogP contribution >= 0.6 is 58.0 Å². The number of ether oxygens (including phenoxy) is 2. The average molecular weight is 464 g/mol. The lowest BCUT2D eigenvalue weighted by atomic mass is 10.2. The van der Waals surface area contributed by atoms with E-state index in [1.807, 2.05) is 0 Å². The Morgan fingerprint density at radius 1 is 0.962 bits per heavy atom. The van der Waals surface area contributed by atoms with Gasteiger partial charge in [0.1, 0.15) is 21.7 Å². The standard InChI is InChI=1S/C16H16Cl5NO4/c1-16(2,3)26-15(24)22-6-4-5-7(22)14(23)25-13-11(20)9(18)8(17)10(19)12(13)21/h7H,4-6H2,1-3H3/t7-/m0/s1. The minimum Gasteiger partial charge on any atom is -0.444 e. The Morgan fingerprint density at radius 2 is 1.46 bits per heavy atom. The first-order valence-electron chi connectivity index (χ1n) is 7.66. The molecular weight excluding hydrogens is 447 g/mol. The Bertz CT molecular complexity index is 718. The van der Waals surface area contributed by atoms with E-state index in [4.69, 9.17) is 67.5 Å². The highest BCUT2D eigenvalue weighted by molar-refractivity contribution is 6.55. The second kappa shape index (κ2) is 8.19. The van der Waals surface area contributed by atoms with Gasteiger partial charge in [-0.05, 0) is 33.6 Å². The SMILES string of the molecule is CC(C)(C)OC(=O)N1CCC[C@H]1C(=O)Oc1c(Cl)c(Cl)c(Cl)c(Cl)c1Cl. The summed E-state index contributed by atoms with van der Waals surface area (Å²) in [4.78, 5) is 26.2. The van der Waals surface area contributed by atoms with Crippen LogP contribution in [0.2, 0.25) is 25.1 Å². The molecule has 0 radical (unpaired) electrons. The van der Waals surface area contributed by atoms with Gasteiger partial charge in [-0.15, -0.1) is 0 Å². The van der Waals surface area contributed by atoms with E-state index < -0.39 is 23.7 Å². The lowest BCUT2D eigenvalue weighted by molar-refractivity contribution is -0.139. The van der Waals surface area contributed by atoms with Gasteiger partial charge in [-0.25, -0.2) is 9.59 Å². The summed E-state index contributed by atoms with van der Waals surface area (Å²) in [5, 5.41) is -0.483. The topological polar surface area (TPSA) is 55.8 Å². The van der Waals surface area contributed by atoms with Crippen molar-refractivity contribution < 1.29 is 19.1 Å². The van der Waals surface area contributed by atoms with E-state index in [0.717, 1.165) is 0 Å². The second-order valence-corrected chi connectivity index (χ2v) is 8.54. The molecule has 0 N–H and O–H groups in total. The number of halogens is 5. The Kier molecular flexibility index (Phi) is 6.84. The van der Waals surface area contributed by atoms with Gasteiger partial charge in [0.05, 0.1) is 15.1 Å². The van der Waals surface area contributed by atoms with E-state index in [-0.39, 0.29) is 30.9 Å². The zero-order valence-corrected chi connectivity index (χ0v) is 17.9. The molecule has 1 aliphatic heterocycles. The van der Waals surface area contributed by atoms with Crippen LogP contribution in [0.3, 0.4) is 0 Å². The summed E-state index contributed by atoms with van der Waals surface area (Å²) in [6.07, 6.45) is 0.451. The van der Waals surface area contributed by atoms with E-state index in [1.54, 1.807) is 20.8 Å². The first kappa shape index (κ1) is 21.7. The normalized spacial score (nSPS) is 17.4. The molecule has 10 heteroatoms. The van der Waals surface area contributed by atoms with Gasteiger partial charge in [-0.1, -0.05) is 58.0 Å². The third kappa shape index (κ3) is 4.63. The van der Waals surface area contributed by atoms with Crippen LogP contribution < -0.4 is 4.74 Å². The van der Waals surface area contributed by atoms with Crippen molar-refractivity contribution in [3.8, 4) is 5.75 Å². The van der Waals surface area contributed by atoms with E-state index >= 15 is 0 Å². The van der Waals surface area contributed by atoms with Crippen molar-refractivity contribution in [3.63, 3.8) is 0 Å². The summed E-state index contributed by atoms with van der Waals surface area (Å²) in [5.41, 5.74) is -0.683. The molecule has 1 aromatic carbocycles. The van der Waals surface area contributed by atoms with E-state index in [2.05, 4.69) is 0 Å². The van der Waals surface area contributed by atoms with Crippen molar-refractivity contribution in [3.05, 3.63) is 25.1 Å². The predicted molar refractivity (Wildman–Crippen MR) is 103 cm³/mol.